The van der Waals surface area contributed by atoms with Crippen LogP contribution in [0.25, 0.3) is 0 Å². The van der Waals surface area contributed by atoms with Gasteiger partial charge in [0.05, 0.1) is 0 Å². The highest BCUT2D eigenvalue weighted by Gasteiger charge is 2.49. The number of hydrogen-bond donors (Lipinski definition) is 0. The monoisotopic (exact) mass is 184 g/mol. The lowest BCUT2D eigenvalue weighted by Gasteiger charge is -2.07. The zero-order valence-electron chi connectivity index (χ0n) is 4.33. The van der Waals surface area contributed by atoms with Crippen LogP contribution in [0.4, 0.5) is 8.78 Å². The molecule has 0 amide bonds. The molecule has 0 unspecified atom stereocenters. The van der Waals surface area contributed by atoms with E-state index in [1.165, 1.54) is 0 Å². The molecule has 0 saturated heterocycles. The van der Waals surface area contributed by atoms with E-state index in [2.05, 4.69) is 15.9 Å². The van der Waals surface area contributed by atoms with E-state index in [-0.39, 0.29) is 0 Å². The Labute approximate surface area is 55.4 Å². The molecule has 0 aromatic heterocycles. The molecule has 0 nitrogen and oxygen atoms in total. The summed E-state index contributed by atoms with van der Waals surface area (Å²) >= 11 is 3.05. The van der Waals surface area contributed by atoms with Crippen LogP contribution < -0.4 is 0 Å². The lowest BCUT2D eigenvalue weighted by Crippen LogP contribution is -2.12. The van der Waals surface area contributed by atoms with Gasteiger partial charge in [0, 0.05) is 10.7 Å². The maximum absolute atomic E-state index is 11.8. The van der Waals surface area contributed by atoms with Crippen LogP contribution in [0.2, 0.25) is 0 Å². The smallest absolute Gasteiger partial charge is 0.210 e. The standard InChI is InChI=1S/C5H7BrF2/c6-3-5(1-2-5)4(7)8/h4H,1-3H2. The summed E-state index contributed by atoms with van der Waals surface area (Å²) in [6.07, 6.45) is -0.742. The molecular weight excluding hydrogens is 178 g/mol. The summed E-state index contributed by atoms with van der Waals surface area (Å²) < 4.78 is 23.7. The quantitative estimate of drug-likeness (QED) is 0.579. The zero-order chi connectivity index (χ0) is 6.20. The average molecular weight is 185 g/mol. The van der Waals surface area contributed by atoms with Crippen molar-refractivity contribution >= 4 is 15.9 Å². The normalized spacial score (nSPS) is 24.0. The van der Waals surface area contributed by atoms with E-state index < -0.39 is 11.8 Å². The molecule has 48 valence electrons. The summed E-state index contributed by atoms with van der Waals surface area (Å²) in [5, 5.41) is 0.456. The van der Waals surface area contributed by atoms with Gasteiger partial charge in [0.2, 0.25) is 6.43 Å². The van der Waals surface area contributed by atoms with Gasteiger partial charge in [0.1, 0.15) is 0 Å². The third-order valence-corrected chi connectivity index (χ3v) is 2.74. The molecule has 1 aliphatic carbocycles. The maximum atomic E-state index is 11.8. The van der Waals surface area contributed by atoms with Crippen molar-refractivity contribution in [1.82, 2.24) is 0 Å². The molecule has 0 atom stereocenters. The lowest BCUT2D eigenvalue weighted by atomic mass is 10.2. The van der Waals surface area contributed by atoms with Crippen LogP contribution in [0.5, 0.6) is 0 Å². The first-order valence-corrected chi connectivity index (χ1v) is 3.67. The summed E-state index contributed by atoms with van der Waals surface area (Å²) in [5.74, 6) is 0. The van der Waals surface area contributed by atoms with Gasteiger partial charge in [-0.25, -0.2) is 8.78 Å². The third kappa shape index (κ3) is 0.879. The van der Waals surface area contributed by atoms with Crippen molar-refractivity contribution in [2.45, 2.75) is 19.3 Å². The van der Waals surface area contributed by atoms with Gasteiger partial charge in [-0.05, 0) is 12.8 Å². The second-order valence-corrected chi connectivity index (χ2v) is 2.86. The Balaban J connectivity index is 2.41. The molecule has 0 spiro atoms. The first-order valence-electron chi connectivity index (χ1n) is 2.55. The molecule has 0 heterocycles. The van der Waals surface area contributed by atoms with E-state index in [0.29, 0.717) is 18.2 Å². The van der Waals surface area contributed by atoms with Crippen LogP contribution >= 0.6 is 15.9 Å². The molecule has 3 heteroatoms. The predicted molar refractivity (Wildman–Crippen MR) is 31.5 cm³/mol. The van der Waals surface area contributed by atoms with Crippen molar-refractivity contribution in [2.75, 3.05) is 5.33 Å². The summed E-state index contributed by atoms with van der Waals surface area (Å²) in [6, 6.07) is 0. The Morgan fingerprint density at radius 2 is 2.00 bits per heavy atom. The van der Waals surface area contributed by atoms with Gasteiger partial charge < -0.3 is 0 Å². The van der Waals surface area contributed by atoms with Crippen LogP contribution in [0.3, 0.4) is 0 Å². The summed E-state index contributed by atoms with van der Waals surface area (Å²) in [4.78, 5) is 0. The van der Waals surface area contributed by atoms with E-state index in [9.17, 15) is 8.78 Å². The minimum absolute atomic E-state index is 0.456. The van der Waals surface area contributed by atoms with Crippen LogP contribution in [-0.2, 0) is 0 Å². The van der Waals surface area contributed by atoms with Gasteiger partial charge in [-0.1, -0.05) is 15.9 Å². The molecule has 0 aliphatic heterocycles. The fraction of sp³-hybridized carbons (Fsp3) is 1.00. The minimum atomic E-state index is -2.12. The highest BCUT2D eigenvalue weighted by atomic mass is 79.9. The van der Waals surface area contributed by atoms with Crippen LogP contribution in [0.15, 0.2) is 0 Å². The van der Waals surface area contributed by atoms with E-state index in [1.54, 1.807) is 0 Å². The second kappa shape index (κ2) is 1.94. The largest absolute Gasteiger partial charge is 0.244 e. The van der Waals surface area contributed by atoms with Crippen molar-refractivity contribution in [3.63, 3.8) is 0 Å². The Morgan fingerprint density at radius 3 is 2.00 bits per heavy atom. The fourth-order valence-corrected chi connectivity index (χ4v) is 1.38. The molecule has 1 aliphatic rings. The summed E-state index contributed by atoms with van der Waals surface area (Å²) in [5.41, 5.74) is -0.625. The third-order valence-electron chi connectivity index (χ3n) is 1.62. The molecule has 0 radical (unpaired) electrons. The fourth-order valence-electron chi connectivity index (χ4n) is 0.571. The highest BCUT2D eigenvalue weighted by Crippen LogP contribution is 2.51. The molecule has 0 aromatic carbocycles. The van der Waals surface area contributed by atoms with Gasteiger partial charge in [0.15, 0.2) is 0 Å². The maximum Gasteiger partial charge on any atom is 0.244 e. The van der Waals surface area contributed by atoms with Crippen LogP contribution in [0.1, 0.15) is 12.8 Å². The Hall–Kier alpha value is 0.340. The number of rotatable bonds is 2. The van der Waals surface area contributed by atoms with Crippen molar-refractivity contribution < 1.29 is 8.78 Å². The minimum Gasteiger partial charge on any atom is -0.210 e. The van der Waals surface area contributed by atoms with Gasteiger partial charge in [-0.2, -0.15) is 0 Å². The second-order valence-electron chi connectivity index (χ2n) is 2.30. The van der Waals surface area contributed by atoms with Crippen LogP contribution in [-0.4, -0.2) is 11.8 Å². The van der Waals surface area contributed by atoms with Crippen molar-refractivity contribution in [1.29, 1.82) is 0 Å². The lowest BCUT2D eigenvalue weighted by molar-refractivity contribution is 0.0754. The molecule has 1 fully saturated rings. The van der Waals surface area contributed by atoms with Crippen LogP contribution in [0, 0.1) is 5.41 Å². The van der Waals surface area contributed by atoms with Crippen molar-refractivity contribution in [2.24, 2.45) is 5.41 Å². The topological polar surface area (TPSA) is 0 Å². The average Bonchev–Trinajstić information content (AvgIpc) is 2.44. The molecule has 1 rings (SSSR count). The van der Waals surface area contributed by atoms with E-state index >= 15 is 0 Å². The molecule has 8 heavy (non-hydrogen) atoms. The molecule has 1 saturated carbocycles. The first-order chi connectivity index (χ1) is 3.71. The summed E-state index contributed by atoms with van der Waals surface area (Å²) in [7, 11) is 0. The van der Waals surface area contributed by atoms with Gasteiger partial charge >= 0.3 is 0 Å². The van der Waals surface area contributed by atoms with Crippen molar-refractivity contribution in [3.8, 4) is 0 Å². The Morgan fingerprint density at radius 1 is 1.50 bits per heavy atom. The Kier molecular flexibility index (Phi) is 1.56. The highest BCUT2D eigenvalue weighted by molar-refractivity contribution is 9.09. The van der Waals surface area contributed by atoms with E-state index in [0.717, 1.165) is 0 Å². The predicted octanol–water partition coefficient (Wildman–Crippen LogP) is 2.43. The van der Waals surface area contributed by atoms with Gasteiger partial charge in [-0.3, -0.25) is 0 Å². The van der Waals surface area contributed by atoms with Gasteiger partial charge in [-0.15, -0.1) is 0 Å². The zero-order valence-corrected chi connectivity index (χ0v) is 5.92. The molecule has 0 aromatic rings. The Bertz CT molecular complexity index is 88.4. The van der Waals surface area contributed by atoms with Crippen molar-refractivity contribution in [3.05, 3.63) is 0 Å². The van der Waals surface area contributed by atoms with Gasteiger partial charge in [0.25, 0.3) is 0 Å². The first kappa shape index (κ1) is 6.46. The number of alkyl halides is 3. The van der Waals surface area contributed by atoms with E-state index in [1.807, 2.05) is 0 Å². The SMILES string of the molecule is FC(F)C1(CBr)CC1. The molecule has 0 N–H and O–H groups in total. The summed E-state index contributed by atoms with van der Waals surface area (Å²) in [6.45, 7) is 0. The van der Waals surface area contributed by atoms with E-state index in [4.69, 9.17) is 0 Å². The number of hydrogen-bond acceptors (Lipinski definition) is 0. The molecule has 0 bridgehead atoms. The molecular formula is C5H7BrF2. The number of halogens is 3.